The molecule has 0 fully saturated rings. The summed E-state index contributed by atoms with van der Waals surface area (Å²) >= 11 is 0. The van der Waals surface area contributed by atoms with E-state index >= 15 is 0 Å². The van der Waals surface area contributed by atoms with E-state index in [2.05, 4.69) is 17.6 Å². The van der Waals surface area contributed by atoms with Gasteiger partial charge in [0.1, 0.15) is 0 Å². The molecule has 0 aromatic heterocycles. The monoisotopic (exact) mass is 214 g/mol. The van der Waals surface area contributed by atoms with Gasteiger partial charge in [0.05, 0.1) is 5.54 Å². The molecular formula is C12H26N2O. The van der Waals surface area contributed by atoms with Gasteiger partial charge in [0.15, 0.2) is 0 Å². The van der Waals surface area contributed by atoms with Crippen LogP contribution in [0.2, 0.25) is 0 Å². The molecule has 0 spiro atoms. The second kappa shape index (κ2) is 7.69. The van der Waals surface area contributed by atoms with Crippen LogP contribution >= 0.6 is 0 Å². The molecule has 0 heterocycles. The highest BCUT2D eigenvalue weighted by Gasteiger charge is 2.25. The molecule has 0 saturated heterocycles. The Hall–Kier alpha value is -0.570. The minimum atomic E-state index is -0.445. The number of unbranched alkanes of at least 4 members (excludes halogenated alkanes) is 3. The molecule has 15 heavy (non-hydrogen) atoms. The van der Waals surface area contributed by atoms with Crippen LogP contribution in [-0.2, 0) is 4.79 Å². The fourth-order valence-corrected chi connectivity index (χ4v) is 1.50. The van der Waals surface area contributed by atoms with Crippen LogP contribution in [0, 0.1) is 0 Å². The highest BCUT2D eigenvalue weighted by Crippen LogP contribution is 2.02. The van der Waals surface area contributed by atoms with E-state index in [0.29, 0.717) is 0 Å². The first kappa shape index (κ1) is 14.4. The van der Waals surface area contributed by atoms with E-state index in [1.54, 1.807) is 0 Å². The average Bonchev–Trinajstić information content (AvgIpc) is 2.17. The van der Waals surface area contributed by atoms with Crippen LogP contribution in [0.25, 0.3) is 0 Å². The predicted octanol–water partition coefficient (Wildman–Crippen LogP) is 2.07. The molecule has 2 N–H and O–H groups in total. The van der Waals surface area contributed by atoms with Gasteiger partial charge in [-0.05, 0) is 26.8 Å². The van der Waals surface area contributed by atoms with E-state index in [1.807, 2.05) is 20.8 Å². The number of nitrogens with one attached hydrogen (secondary N) is 2. The second-order valence-corrected chi connectivity index (χ2v) is 4.47. The van der Waals surface area contributed by atoms with Crippen molar-refractivity contribution < 1.29 is 4.79 Å². The van der Waals surface area contributed by atoms with Crippen molar-refractivity contribution in [3.63, 3.8) is 0 Å². The maximum Gasteiger partial charge on any atom is 0.239 e. The molecule has 90 valence electrons. The number of rotatable bonds is 8. The first-order chi connectivity index (χ1) is 7.04. The molecule has 0 unspecified atom stereocenters. The van der Waals surface area contributed by atoms with E-state index in [0.717, 1.165) is 19.5 Å². The summed E-state index contributed by atoms with van der Waals surface area (Å²) in [6.07, 6.45) is 4.78. The van der Waals surface area contributed by atoms with Gasteiger partial charge in [0.25, 0.3) is 0 Å². The zero-order chi connectivity index (χ0) is 11.7. The Bertz CT molecular complexity index is 178. The molecule has 0 saturated carbocycles. The third-order valence-corrected chi connectivity index (χ3v) is 2.50. The van der Waals surface area contributed by atoms with Gasteiger partial charge in [-0.1, -0.05) is 33.1 Å². The Morgan fingerprint density at radius 1 is 1.13 bits per heavy atom. The van der Waals surface area contributed by atoms with Crippen molar-refractivity contribution in [3.05, 3.63) is 0 Å². The molecule has 0 aliphatic heterocycles. The molecule has 3 nitrogen and oxygen atoms in total. The lowest BCUT2D eigenvalue weighted by molar-refractivity contribution is -0.126. The minimum Gasteiger partial charge on any atom is -0.355 e. The van der Waals surface area contributed by atoms with E-state index in [9.17, 15) is 4.79 Å². The van der Waals surface area contributed by atoms with Crippen molar-refractivity contribution in [2.24, 2.45) is 0 Å². The van der Waals surface area contributed by atoms with Gasteiger partial charge in [-0.2, -0.15) is 0 Å². The molecule has 0 aromatic carbocycles. The Morgan fingerprint density at radius 2 is 1.80 bits per heavy atom. The minimum absolute atomic E-state index is 0.0980. The number of amides is 1. The van der Waals surface area contributed by atoms with Gasteiger partial charge in [0, 0.05) is 6.54 Å². The van der Waals surface area contributed by atoms with Crippen LogP contribution in [0.5, 0.6) is 0 Å². The third kappa shape index (κ3) is 6.50. The third-order valence-electron chi connectivity index (χ3n) is 2.50. The number of hydrogen-bond acceptors (Lipinski definition) is 2. The quantitative estimate of drug-likeness (QED) is 0.607. The molecular weight excluding hydrogens is 188 g/mol. The van der Waals surface area contributed by atoms with Gasteiger partial charge in [0.2, 0.25) is 5.91 Å². The fourth-order valence-electron chi connectivity index (χ4n) is 1.50. The largest absolute Gasteiger partial charge is 0.355 e. The molecule has 0 aromatic rings. The summed E-state index contributed by atoms with van der Waals surface area (Å²) in [5.41, 5.74) is -0.445. The summed E-state index contributed by atoms with van der Waals surface area (Å²) in [4.78, 5) is 11.7. The highest BCUT2D eigenvalue weighted by atomic mass is 16.2. The van der Waals surface area contributed by atoms with Gasteiger partial charge in [-0.15, -0.1) is 0 Å². The van der Waals surface area contributed by atoms with E-state index in [-0.39, 0.29) is 5.91 Å². The second-order valence-electron chi connectivity index (χ2n) is 4.47. The number of hydrogen-bond donors (Lipinski definition) is 2. The molecule has 0 radical (unpaired) electrons. The Labute approximate surface area is 94.0 Å². The summed E-state index contributed by atoms with van der Waals surface area (Å²) in [6.45, 7) is 9.64. The standard InChI is InChI=1S/C12H26N2O/c1-5-7-8-9-10-13-11(15)12(3,4)14-6-2/h14H,5-10H2,1-4H3,(H,13,15). The van der Waals surface area contributed by atoms with E-state index in [4.69, 9.17) is 0 Å². The molecule has 0 rings (SSSR count). The molecule has 1 amide bonds. The molecule has 3 heteroatoms. The SMILES string of the molecule is CCCCCCNC(=O)C(C)(C)NCC. The normalized spacial score (nSPS) is 11.5. The van der Waals surface area contributed by atoms with Crippen LogP contribution in [0.3, 0.4) is 0 Å². The van der Waals surface area contributed by atoms with Crippen molar-refractivity contribution in [2.75, 3.05) is 13.1 Å². The lowest BCUT2D eigenvalue weighted by Gasteiger charge is -2.24. The van der Waals surface area contributed by atoms with Gasteiger partial charge < -0.3 is 10.6 Å². The summed E-state index contributed by atoms with van der Waals surface area (Å²) in [6, 6.07) is 0. The van der Waals surface area contributed by atoms with Gasteiger partial charge in [-0.25, -0.2) is 0 Å². The van der Waals surface area contributed by atoms with E-state index < -0.39 is 5.54 Å². The molecule has 0 aliphatic rings. The zero-order valence-corrected chi connectivity index (χ0v) is 10.7. The van der Waals surface area contributed by atoms with Gasteiger partial charge in [-0.3, -0.25) is 4.79 Å². The predicted molar refractivity (Wildman–Crippen MR) is 64.9 cm³/mol. The summed E-state index contributed by atoms with van der Waals surface area (Å²) < 4.78 is 0. The summed E-state index contributed by atoms with van der Waals surface area (Å²) in [7, 11) is 0. The van der Waals surface area contributed by atoms with Crippen molar-refractivity contribution in [2.45, 2.75) is 58.9 Å². The number of carbonyl (C=O) groups excluding carboxylic acids is 1. The Balaban J connectivity index is 3.64. The van der Waals surface area contributed by atoms with Crippen LogP contribution in [0.15, 0.2) is 0 Å². The lowest BCUT2D eigenvalue weighted by Crippen LogP contribution is -2.52. The smallest absolute Gasteiger partial charge is 0.239 e. The Morgan fingerprint density at radius 3 is 2.33 bits per heavy atom. The molecule has 0 aliphatic carbocycles. The highest BCUT2D eigenvalue weighted by molar-refractivity contribution is 5.85. The number of carbonyl (C=O) groups is 1. The van der Waals surface area contributed by atoms with Gasteiger partial charge >= 0.3 is 0 Å². The zero-order valence-electron chi connectivity index (χ0n) is 10.7. The first-order valence-corrected chi connectivity index (χ1v) is 6.08. The maximum absolute atomic E-state index is 11.7. The van der Waals surface area contributed by atoms with Crippen LogP contribution < -0.4 is 10.6 Å². The van der Waals surface area contributed by atoms with Crippen molar-refractivity contribution in [1.29, 1.82) is 0 Å². The lowest BCUT2D eigenvalue weighted by atomic mass is 10.0. The maximum atomic E-state index is 11.7. The Kier molecular flexibility index (Phi) is 7.39. The summed E-state index contributed by atoms with van der Waals surface area (Å²) in [5, 5.41) is 6.13. The van der Waals surface area contributed by atoms with Crippen molar-refractivity contribution in [3.8, 4) is 0 Å². The van der Waals surface area contributed by atoms with Crippen molar-refractivity contribution in [1.82, 2.24) is 10.6 Å². The first-order valence-electron chi connectivity index (χ1n) is 6.08. The topological polar surface area (TPSA) is 41.1 Å². The van der Waals surface area contributed by atoms with Crippen LogP contribution in [0.1, 0.15) is 53.4 Å². The molecule has 0 atom stereocenters. The van der Waals surface area contributed by atoms with E-state index in [1.165, 1.54) is 19.3 Å². The van der Waals surface area contributed by atoms with Crippen LogP contribution in [0.4, 0.5) is 0 Å². The summed E-state index contributed by atoms with van der Waals surface area (Å²) in [5.74, 6) is 0.0980. The fraction of sp³-hybridized carbons (Fsp3) is 0.917. The molecule has 0 bridgehead atoms. The number of likely N-dealkylation sites (N-methyl/N-ethyl adjacent to an activating group) is 1. The average molecular weight is 214 g/mol. The van der Waals surface area contributed by atoms with Crippen molar-refractivity contribution >= 4 is 5.91 Å². The van der Waals surface area contributed by atoms with Crippen LogP contribution in [-0.4, -0.2) is 24.5 Å².